The van der Waals surface area contributed by atoms with Crippen molar-refractivity contribution >= 4 is 23.3 Å². The largest absolute Gasteiger partial charge is 0.435 e. The molecule has 0 aromatic heterocycles. The predicted octanol–water partition coefficient (Wildman–Crippen LogP) is 5.17. The second-order valence-corrected chi connectivity index (χ2v) is 5.61. The molecular formula is C17H17ClF2N2O2. The first-order chi connectivity index (χ1) is 11.4. The highest BCUT2D eigenvalue weighted by atomic mass is 35.5. The van der Waals surface area contributed by atoms with Gasteiger partial charge in [0.15, 0.2) is 0 Å². The number of halogens is 3. The molecule has 0 aliphatic rings. The van der Waals surface area contributed by atoms with Crippen LogP contribution in [-0.2, 0) is 0 Å². The molecule has 0 radical (unpaired) electrons. The summed E-state index contributed by atoms with van der Waals surface area (Å²) in [4.78, 5) is 13.8. The Labute approximate surface area is 144 Å². The van der Waals surface area contributed by atoms with Gasteiger partial charge in [0.2, 0.25) is 0 Å². The number of anilines is 1. The lowest BCUT2D eigenvalue weighted by Gasteiger charge is -2.25. The molecule has 0 bridgehead atoms. The Morgan fingerprint density at radius 1 is 1.12 bits per heavy atom. The summed E-state index contributed by atoms with van der Waals surface area (Å²) in [5, 5.41) is 3.33. The summed E-state index contributed by atoms with van der Waals surface area (Å²) >= 11 is 5.86. The number of alkyl halides is 2. The van der Waals surface area contributed by atoms with Crippen LogP contribution < -0.4 is 10.1 Å². The van der Waals surface area contributed by atoms with E-state index in [1.54, 1.807) is 19.2 Å². The number of hydrogen-bond acceptors (Lipinski definition) is 2. The first kappa shape index (κ1) is 18.0. The van der Waals surface area contributed by atoms with Gasteiger partial charge in [-0.25, -0.2) is 4.79 Å². The van der Waals surface area contributed by atoms with E-state index in [1.807, 2.05) is 19.1 Å². The van der Waals surface area contributed by atoms with E-state index in [0.717, 1.165) is 5.56 Å². The molecule has 7 heteroatoms. The maximum absolute atomic E-state index is 12.3. The Morgan fingerprint density at radius 2 is 1.71 bits per heavy atom. The lowest BCUT2D eigenvalue weighted by Crippen LogP contribution is -2.33. The van der Waals surface area contributed by atoms with Gasteiger partial charge >= 0.3 is 12.6 Å². The van der Waals surface area contributed by atoms with Crippen LogP contribution in [0.15, 0.2) is 48.5 Å². The summed E-state index contributed by atoms with van der Waals surface area (Å²) in [6.07, 6.45) is 0. The Hall–Kier alpha value is -2.34. The number of benzene rings is 2. The number of nitrogens with zero attached hydrogens (tertiary/aromatic N) is 1. The summed E-state index contributed by atoms with van der Waals surface area (Å²) in [6.45, 7) is -0.987. The number of nitrogens with one attached hydrogen (secondary N) is 1. The molecule has 1 atom stereocenters. The van der Waals surface area contributed by atoms with Crippen LogP contribution >= 0.6 is 11.6 Å². The lowest BCUT2D eigenvalue weighted by molar-refractivity contribution is -0.0498. The van der Waals surface area contributed by atoms with Gasteiger partial charge in [0, 0.05) is 17.8 Å². The molecule has 1 N–H and O–H groups in total. The van der Waals surface area contributed by atoms with Gasteiger partial charge in [-0.05, 0) is 48.9 Å². The molecule has 128 valence electrons. The van der Waals surface area contributed by atoms with Gasteiger partial charge in [0.05, 0.1) is 6.04 Å². The van der Waals surface area contributed by atoms with Gasteiger partial charge in [0.25, 0.3) is 0 Å². The van der Waals surface area contributed by atoms with Crippen LogP contribution in [0.1, 0.15) is 18.5 Å². The summed E-state index contributed by atoms with van der Waals surface area (Å²) in [5.74, 6) is 0.0332. The van der Waals surface area contributed by atoms with Crippen molar-refractivity contribution in [3.63, 3.8) is 0 Å². The van der Waals surface area contributed by atoms with Crippen molar-refractivity contribution in [2.45, 2.75) is 19.6 Å². The molecule has 0 aliphatic carbocycles. The monoisotopic (exact) mass is 354 g/mol. The van der Waals surface area contributed by atoms with Crippen molar-refractivity contribution in [3.05, 3.63) is 59.1 Å². The maximum atomic E-state index is 12.3. The third-order valence-electron chi connectivity index (χ3n) is 3.58. The smallest absolute Gasteiger partial charge is 0.387 e. The van der Waals surface area contributed by atoms with Gasteiger partial charge in [-0.1, -0.05) is 23.7 Å². The molecule has 0 unspecified atom stereocenters. The van der Waals surface area contributed by atoms with E-state index in [-0.39, 0.29) is 17.8 Å². The lowest BCUT2D eigenvalue weighted by atomic mass is 10.1. The number of hydrogen-bond donors (Lipinski definition) is 1. The molecule has 2 amide bonds. The van der Waals surface area contributed by atoms with Crippen LogP contribution in [0.2, 0.25) is 5.02 Å². The van der Waals surface area contributed by atoms with E-state index in [1.165, 1.54) is 29.2 Å². The number of carbonyl (C=O) groups is 1. The minimum absolute atomic E-state index is 0.0332. The van der Waals surface area contributed by atoms with Gasteiger partial charge < -0.3 is 15.0 Å². The molecule has 2 aromatic carbocycles. The standard InChI is InChI=1S/C17H17ClF2N2O2/c1-11(12-3-5-13(18)6-4-12)22(2)17(23)21-14-7-9-15(10-8-14)24-16(19)20/h3-11,16H,1-2H3,(H,21,23)/t11-/m1/s1. The molecule has 2 aromatic rings. The third kappa shape index (κ3) is 4.83. The fourth-order valence-corrected chi connectivity index (χ4v) is 2.20. The Kier molecular flexibility index (Phi) is 5.98. The highest BCUT2D eigenvalue weighted by Crippen LogP contribution is 2.22. The average Bonchev–Trinajstić information content (AvgIpc) is 2.55. The normalized spacial score (nSPS) is 11.9. The molecule has 4 nitrogen and oxygen atoms in total. The Morgan fingerprint density at radius 3 is 2.25 bits per heavy atom. The summed E-state index contributed by atoms with van der Waals surface area (Å²) in [6, 6.07) is 12.5. The van der Waals surface area contributed by atoms with Crippen molar-refractivity contribution in [2.75, 3.05) is 12.4 Å². The van der Waals surface area contributed by atoms with Crippen LogP contribution in [0.3, 0.4) is 0 Å². The number of rotatable bonds is 5. The fourth-order valence-electron chi connectivity index (χ4n) is 2.07. The van der Waals surface area contributed by atoms with Crippen LogP contribution in [-0.4, -0.2) is 24.6 Å². The maximum Gasteiger partial charge on any atom is 0.387 e. The fraction of sp³-hybridized carbons (Fsp3) is 0.235. The molecule has 2 rings (SSSR count). The summed E-state index contributed by atoms with van der Waals surface area (Å²) in [5.41, 5.74) is 1.43. The molecule has 0 saturated carbocycles. The number of amides is 2. The van der Waals surface area contributed by atoms with E-state index >= 15 is 0 Å². The topological polar surface area (TPSA) is 41.6 Å². The number of ether oxygens (including phenoxy) is 1. The van der Waals surface area contributed by atoms with Crippen molar-refractivity contribution in [1.29, 1.82) is 0 Å². The minimum atomic E-state index is -2.88. The molecule has 24 heavy (non-hydrogen) atoms. The van der Waals surface area contributed by atoms with E-state index in [2.05, 4.69) is 10.1 Å². The summed E-state index contributed by atoms with van der Waals surface area (Å²) in [7, 11) is 1.67. The number of urea groups is 1. The van der Waals surface area contributed by atoms with Crippen molar-refractivity contribution in [2.24, 2.45) is 0 Å². The van der Waals surface area contributed by atoms with E-state index in [9.17, 15) is 13.6 Å². The van der Waals surface area contributed by atoms with E-state index in [0.29, 0.717) is 10.7 Å². The predicted molar refractivity (Wildman–Crippen MR) is 89.7 cm³/mol. The van der Waals surface area contributed by atoms with Gasteiger partial charge in [-0.2, -0.15) is 8.78 Å². The molecule has 0 spiro atoms. The number of carbonyl (C=O) groups excluding carboxylic acids is 1. The molecule has 0 saturated heterocycles. The van der Waals surface area contributed by atoms with E-state index in [4.69, 9.17) is 11.6 Å². The SMILES string of the molecule is C[C@H](c1ccc(Cl)cc1)N(C)C(=O)Nc1ccc(OC(F)F)cc1. The zero-order valence-corrected chi connectivity index (χ0v) is 13.9. The van der Waals surface area contributed by atoms with Crippen LogP contribution in [0, 0.1) is 0 Å². The second kappa shape index (κ2) is 7.97. The zero-order valence-electron chi connectivity index (χ0n) is 13.2. The van der Waals surface area contributed by atoms with Crippen molar-refractivity contribution < 1.29 is 18.3 Å². The summed E-state index contributed by atoms with van der Waals surface area (Å²) < 4.78 is 28.5. The average molecular weight is 355 g/mol. The van der Waals surface area contributed by atoms with Gasteiger partial charge in [-0.3, -0.25) is 0 Å². The zero-order chi connectivity index (χ0) is 17.7. The molecule has 0 fully saturated rings. The van der Waals surface area contributed by atoms with Gasteiger partial charge in [-0.15, -0.1) is 0 Å². The van der Waals surface area contributed by atoms with Crippen LogP contribution in [0.4, 0.5) is 19.3 Å². The second-order valence-electron chi connectivity index (χ2n) is 5.17. The Bertz CT molecular complexity index is 678. The van der Waals surface area contributed by atoms with Gasteiger partial charge in [0.1, 0.15) is 5.75 Å². The Balaban J connectivity index is 1.99. The van der Waals surface area contributed by atoms with Crippen molar-refractivity contribution in [3.8, 4) is 5.75 Å². The minimum Gasteiger partial charge on any atom is -0.435 e. The molecular weight excluding hydrogens is 338 g/mol. The first-order valence-corrected chi connectivity index (χ1v) is 7.59. The first-order valence-electron chi connectivity index (χ1n) is 7.21. The van der Waals surface area contributed by atoms with Crippen LogP contribution in [0.25, 0.3) is 0 Å². The molecule has 0 aliphatic heterocycles. The highest BCUT2D eigenvalue weighted by Gasteiger charge is 2.17. The quantitative estimate of drug-likeness (QED) is 0.805. The third-order valence-corrected chi connectivity index (χ3v) is 3.84. The van der Waals surface area contributed by atoms with E-state index < -0.39 is 6.61 Å². The molecule has 0 heterocycles. The highest BCUT2D eigenvalue weighted by molar-refractivity contribution is 6.30. The van der Waals surface area contributed by atoms with Crippen molar-refractivity contribution in [1.82, 2.24) is 4.90 Å². The van der Waals surface area contributed by atoms with Crippen LogP contribution in [0.5, 0.6) is 5.75 Å².